The summed E-state index contributed by atoms with van der Waals surface area (Å²) in [5.74, 6) is 0.923. The molecule has 2 nitrogen and oxygen atoms in total. The Balaban J connectivity index is 2.44. The minimum atomic E-state index is -0.415. The van der Waals surface area contributed by atoms with Crippen LogP contribution in [-0.4, -0.2) is 21.6 Å². The standard InChI is InChI=1S/C13H16O2Si/c1-9(14)10-2-3-12-7-13(15-8-16)5-4-11(12)6-10/h2-7,9,14H,8H2,1,16H3. The first-order valence-electron chi connectivity index (χ1n) is 5.55. The number of aliphatic hydroxyl groups excluding tert-OH is 1. The summed E-state index contributed by atoms with van der Waals surface area (Å²) in [5, 5.41) is 11.8. The highest BCUT2D eigenvalue weighted by molar-refractivity contribution is 6.08. The molecule has 0 amide bonds. The van der Waals surface area contributed by atoms with Crippen molar-refractivity contribution >= 4 is 21.0 Å². The number of hydrogen-bond donors (Lipinski definition) is 1. The summed E-state index contributed by atoms with van der Waals surface area (Å²) in [5.41, 5.74) is 0.948. The average molecular weight is 232 g/mol. The lowest BCUT2D eigenvalue weighted by atomic mass is 10.0. The quantitative estimate of drug-likeness (QED) is 0.814. The van der Waals surface area contributed by atoms with Gasteiger partial charge in [0.05, 0.1) is 22.6 Å². The Kier molecular flexibility index (Phi) is 3.27. The van der Waals surface area contributed by atoms with Gasteiger partial charge in [-0.1, -0.05) is 18.2 Å². The average Bonchev–Trinajstić information content (AvgIpc) is 2.28. The van der Waals surface area contributed by atoms with Crippen LogP contribution in [-0.2, 0) is 0 Å². The van der Waals surface area contributed by atoms with Gasteiger partial charge in [0.15, 0.2) is 0 Å². The van der Waals surface area contributed by atoms with Gasteiger partial charge in [0, 0.05) is 0 Å². The smallest absolute Gasteiger partial charge is 0.119 e. The second kappa shape index (κ2) is 4.68. The normalized spacial score (nSPS) is 12.9. The molecule has 0 fully saturated rings. The van der Waals surface area contributed by atoms with E-state index in [0.717, 1.165) is 38.6 Å². The van der Waals surface area contributed by atoms with Crippen molar-refractivity contribution < 1.29 is 9.84 Å². The van der Waals surface area contributed by atoms with E-state index in [2.05, 4.69) is 0 Å². The van der Waals surface area contributed by atoms with Gasteiger partial charge in [-0.05, 0) is 41.5 Å². The van der Waals surface area contributed by atoms with E-state index in [1.807, 2.05) is 36.4 Å². The number of fused-ring (bicyclic) bond motifs is 1. The number of aliphatic hydroxyl groups is 1. The van der Waals surface area contributed by atoms with Crippen LogP contribution in [0.5, 0.6) is 5.75 Å². The number of hydrogen-bond acceptors (Lipinski definition) is 2. The van der Waals surface area contributed by atoms with E-state index < -0.39 is 6.10 Å². The zero-order chi connectivity index (χ0) is 11.5. The SMILES string of the molecule is CC(O)c1ccc2cc(OC[SiH3])ccc2c1. The maximum Gasteiger partial charge on any atom is 0.119 e. The molecule has 0 aliphatic rings. The fraction of sp³-hybridized carbons (Fsp3) is 0.231. The Morgan fingerprint density at radius 3 is 2.56 bits per heavy atom. The Morgan fingerprint density at radius 1 is 1.19 bits per heavy atom. The molecule has 0 spiro atoms. The molecule has 2 aromatic rings. The minimum Gasteiger partial charge on any atom is -0.498 e. The Labute approximate surface area is 98.3 Å². The van der Waals surface area contributed by atoms with E-state index in [4.69, 9.17) is 4.74 Å². The summed E-state index contributed by atoms with van der Waals surface area (Å²) >= 11 is 0. The third-order valence-corrected chi connectivity index (χ3v) is 2.92. The summed E-state index contributed by atoms with van der Waals surface area (Å²) in [6.45, 7) is 1.78. The topological polar surface area (TPSA) is 29.5 Å². The Morgan fingerprint density at radius 2 is 1.88 bits per heavy atom. The van der Waals surface area contributed by atoms with Crippen LogP contribution in [0.2, 0.25) is 0 Å². The first-order chi connectivity index (χ1) is 7.70. The van der Waals surface area contributed by atoms with Gasteiger partial charge in [-0.25, -0.2) is 0 Å². The van der Waals surface area contributed by atoms with E-state index >= 15 is 0 Å². The molecule has 0 radical (unpaired) electrons. The van der Waals surface area contributed by atoms with Crippen molar-refractivity contribution in [2.45, 2.75) is 13.0 Å². The highest BCUT2D eigenvalue weighted by Crippen LogP contribution is 2.24. The molecule has 2 rings (SSSR count). The molecule has 1 N–H and O–H groups in total. The lowest BCUT2D eigenvalue weighted by Crippen LogP contribution is -1.95. The lowest BCUT2D eigenvalue weighted by molar-refractivity contribution is 0.199. The molecule has 0 aliphatic heterocycles. The van der Waals surface area contributed by atoms with Crippen molar-refractivity contribution in [2.24, 2.45) is 0 Å². The number of rotatable bonds is 3. The van der Waals surface area contributed by atoms with Crippen LogP contribution in [0.3, 0.4) is 0 Å². The maximum absolute atomic E-state index is 9.50. The van der Waals surface area contributed by atoms with Crippen LogP contribution in [0, 0.1) is 0 Å². The zero-order valence-corrected chi connectivity index (χ0v) is 11.6. The zero-order valence-electron chi connectivity index (χ0n) is 9.60. The molecule has 0 saturated carbocycles. The highest BCUT2D eigenvalue weighted by atomic mass is 28.1. The highest BCUT2D eigenvalue weighted by Gasteiger charge is 2.02. The van der Waals surface area contributed by atoms with Crippen LogP contribution in [0.4, 0.5) is 0 Å². The first-order valence-corrected chi connectivity index (χ1v) is 6.96. The van der Waals surface area contributed by atoms with Crippen LogP contribution in [0.25, 0.3) is 10.8 Å². The van der Waals surface area contributed by atoms with Gasteiger partial charge in [0.2, 0.25) is 0 Å². The van der Waals surface area contributed by atoms with Gasteiger partial charge in [-0.2, -0.15) is 0 Å². The minimum absolute atomic E-state index is 0.415. The second-order valence-electron chi connectivity index (χ2n) is 3.88. The third-order valence-electron chi connectivity index (χ3n) is 2.63. The van der Waals surface area contributed by atoms with Crippen molar-refractivity contribution in [3.63, 3.8) is 0 Å². The second-order valence-corrected chi connectivity index (χ2v) is 4.45. The molecule has 1 unspecified atom stereocenters. The molecule has 16 heavy (non-hydrogen) atoms. The first kappa shape index (κ1) is 11.2. The summed E-state index contributed by atoms with van der Waals surface area (Å²) in [6.07, 6.45) is 0.402. The lowest BCUT2D eigenvalue weighted by Gasteiger charge is -2.08. The van der Waals surface area contributed by atoms with Crippen molar-refractivity contribution in [3.05, 3.63) is 42.0 Å². The van der Waals surface area contributed by atoms with Gasteiger partial charge in [0.25, 0.3) is 0 Å². The maximum atomic E-state index is 9.50. The molecule has 0 aromatic heterocycles. The fourth-order valence-corrected chi connectivity index (χ4v) is 2.09. The van der Waals surface area contributed by atoms with Crippen molar-refractivity contribution in [3.8, 4) is 5.75 Å². The molecule has 0 heterocycles. The monoisotopic (exact) mass is 232 g/mol. The molecule has 0 aliphatic carbocycles. The summed E-state index contributed by atoms with van der Waals surface area (Å²) in [6, 6.07) is 12.1. The van der Waals surface area contributed by atoms with E-state index in [9.17, 15) is 5.11 Å². The van der Waals surface area contributed by atoms with Crippen LogP contribution in [0.15, 0.2) is 36.4 Å². The number of benzene rings is 2. The van der Waals surface area contributed by atoms with Gasteiger partial charge in [0.1, 0.15) is 5.75 Å². The summed E-state index contributed by atoms with van der Waals surface area (Å²) in [4.78, 5) is 0. The van der Waals surface area contributed by atoms with Gasteiger partial charge in [-0.3, -0.25) is 0 Å². The Bertz CT molecular complexity index is 494. The Hall–Kier alpha value is -1.32. The van der Waals surface area contributed by atoms with E-state index in [0.29, 0.717) is 0 Å². The van der Waals surface area contributed by atoms with E-state index in [1.165, 1.54) is 0 Å². The predicted octanol–water partition coefficient (Wildman–Crippen LogP) is 1.59. The van der Waals surface area contributed by atoms with Crippen molar-refractivity contribution in [1.29, 1.82) is 0 Å². The van der Waals surface area contributed by atoms with Crippen molar-refractivity contribution in [1.82, 2.24) is 0 Å². The van der Waals surface area contributed by atoms with E-state index in [1.54, 1.807) is 6.92 Å². The molecule has 0 bridgehead atoms. The predicted molar refractivity (Wildman–Crippen MR) is 70.0 cm³/mol. The van der Waals surface area contributed by atoms with Crippen molar-refractivity contribution in [2.75, 3.05) is 6.23 Å². The third kappa shape index (κ3) is 2.26. The molecular formula is C13H16O2Si. The molecule has 3 heteroatoms. The summed E-state index contributed by atoms with van der Waals surface area (Å²) < 4.78 is 5.50. The molecule has 2 aromatic carbocycles. The molecule has 1 atom stereocenters. The molecular weight excluding hydrogens is 216 g/mol. The largest absolute Gasteiger partial charge is 0.498 e. The van der Waals surface area contributed by atoms with Crippen LogP contribution < -0.4 is 4.74 Å². The van der Waals surface area contributed by atoms with Crippen LogP contribution in [0.1, 0.15) is 18.6 Å². The molecule has 0 saturated heterocycles. The van der Waals surface area contributed by atoms with Gasteiger partial charge >= 0.3 is 0 Å². The van der Waals surface area contributed by atoms with E-state index in [-0.39, 0.29) is 0 Å². The number of ether oxygens (including phenoxy) is 1. The summed E-state index contributed by atoms with van der Waals surface area (Å²) in [7, 11) is 1.05. The molecule has 84 valence electrons. The van der Waals surface area contributed by atoms with Crippen LogP contribution >= 0.6 is 0 Å². The van der Waals surface area contributed by atoms with Gasteiger partial charge in [-0.15, -0.1) is 0 Å². The fourth-order valence-electron chi connectivity index (χ4n) is 1.76. The van der Waals surface area contributed by atoms with Gasteiger partial charge < -0.3 is 9.84 Å².